The van der Waals surface area contributed by atoms with Gasteiger partial charge in [-0.2, -0.15) is 10.4 Å². The van der Waals surface area contributed by atoms with E-state index >= 15 is 0 Å². The van der Waals surface area contributed by atoms with Crippen LogP contribution in [0.1, 0.15) is 17.4 Å². The number of aromatic amines is 1. The first-order valence-electron chi connectivity index (χ1n) is 4.07. The first-order valence-corrected chi connectivity index (χ1v) is 5.61. The number of aromatic nitrogens is 2. The van der Waals surface area contributed by atoms with Gasteiger partial charge in [-0.3, -0.25) is 9.82 Å². The molecule has 0 aliphatic rings. The first kappa shape index (κ1) is 12.0. The van der Waals surface area contributed by atoms with Gasteiger partial charge < -0.3 is 5.11 Å². The highest BCUT2D eigenvalue weighted by Gasteiger charge is 2.21. The van der Waals surface area contributed by atoms with Crippen LogP contribution in [0.5, 0.6) is 0 Å². The lowest BCUT2D eigenvalue weighted by atomic mass is 10.4. The van der Waals surface area contributed by atoms with Crippen LogP contribution in [0.15, 0.2) is 6.07 Å². The predicted octanol–water partition coefficient (Wildman–Crippen LogP) is -0.238. The van der Waals surface area contributed by atoms with Crippen molar-refractivity contribution in [2.75, 3.05) is 4.72 Å². The number of nitrogens with one attached hydrogen (secondary N) is 2. The highest BCUT2D eigenvalue weighted by molar-refractivity contribution is 7.93. The summed E-state index contributed by atoms with van der Waals surface area (Å²) in [6.07, 6.45) is 0. The van der Waals surface area contributed by atoms with Crippen LogP contribution in [-0.4, -0.2) is 34.9 Å². The summed E-state index contributed by atoms with van der Waals surface area (Å²) in [5.41, 5.74) is -0.248. The molecule has 3 N–H and O–H groups in total. The van der Waals surface area contributed by atoms with Gasteiger partial charge in [-0.05, 0) is 6.92 Å². The third-order valence-corrected chi connectivity index (χ3v) is 3.23. The minimum Gasteiger partial charge on any atom is -0.477 e. The zero-order chi connectivity index (χ0) is 12.3. The molecule has 8 nitrogen and oxygen atoms in total. The Balaban J connectivity index is 2.90. The molecule has 0 radical (unpaired) electrons. The Morgan fingerprint density at radius 1 is 1.75 bits per heavy atom. The Morgan fingerprint density at radius 3 is 2.81 bits per heavy atom. The smallest absolute Gasteiger partial charge is 0.353 e. The zero-order valence-corrected chi connectivity index (χ0v) is 8.95. The number of carbonyl (C=O) groups is 1. The molecule has 0 spiro atoms. The van der Waals surface area contributed by atoms with Crippen molar-refractivity contribution in [1.82, 2.24) is 10.2 Å². The van der Waals surface area contributed by atoms with Crippen LogP contribution in [0.25, 0.3) is 0 Å². The molecule has 1 heterocycles. The maximum absolute atomic E-state index is 11.4. The third kappa shape index (κ3) is 2.48. The summed E-state index contributed by atoms with van der Waals surface area (Å²) in [6.45, 7) is 1.20. The molecular formula is C7H8N4O4S. The predicted molar refractivity (Wildman–Crippen MR) is 53.2 cm³/mol. The van der Waals surface area contributed by atoms with E-state index in [4.69, 9.17) is 10.4 Å². The third-order valence-electron chi connectivity index (χ3n) is 1.70. The average Bonchev–Trinajstić information content (AvgIpc) is 2.64. The second-order valence-corrected chi connectivity index (χ2v) is 4.89. The molecule has 1 atom stereocenters. The molecule has 9 heteroatoms. The van der Waals surface area contributed by atoms with Gasteiger partial charge in [0, 0.05) is 6.07 Å². The largest absolute Gasteiger partial charge is 0.477 e. The maximum Gasteiger partial charge on any atom is 0.353 e. The van der Waals surface area contributed by atoms with Crippen LogP contribution in [0.2, 0.25) is 0 Å². The van der Waals surface area contributed by atoms with Crippen LogP contribution < -0.4 is 4.72 Å². The van der Waals surface area contributed by atoms with E-state index in [0.29, 0.717) is 0 Å². The van der Waals surface area contributed by atoms with Crippen LogP contribution in [0.3, 0.4) is 0 Å². The first-order chi connectivity index (χ1) is 7.36. The highest BCUT2D eigenvalue weighted by atomic mass is 32.2. The van der Waals surface area contributed by atoms with Gasteiger partial charge in [0.05, 0.1) is 6.07 Å². The van der Waals surface area contributed by atoms with E-state index in [0.717, 1.165) is 6.07 Å². The Kier molecular flexibility index (Phi) is 3.14. The fourth-order valence-electron chi connectivity index (χ4n) is 0.787. The lowest BCUT2D eigenvalue weighted by Gasteiger charge is -2.05. The standard InChI is InChI=1S/C7H8N4O4S/c1-4(3-8)16(14,15)11-6-2-5(7(12)13)9-10-6/h2,4H,1H3,(H,12,13)(H2,9,10,11). The monoisotopic (exact) mass is 244 g/mol. The van der Waals surface area contributed by atoms with Gasteiger partial charge in [0.2, 0.25) is 10.0 Å². The molecule has 0 fully saturated rings. The number of hydrogen-bond acceptors (Lipinski definition) is 5. The Bertz CT molecular complexity index is 541. The van der Waals surface area contributed by atoms with E-state index in [-0.39, 0.29) is 11.5 Å². The number of anilines is 1. The fraction of sp³-hybridized carbons (Fsp3) is 0.286. The normalized spacial score (nSPS) is 12.8. The number of H-pyrrole nitrogens is 1. The molecular weight excluding hydrogens is 236 g/mol. The number of nitriles is 1. The van der Waals surface area contributed by atoms with Crippen LogP contribution >= 0.6 is 0 Å². The second kappa shape index (κ2) is 4.19. The molecule has 1 rings (SSSR count). The zero-order valence-electron chi connectivity index (χ0n) is 8.13. The van der Waals surface area contributed by atoms with Gasteiger partial charge in [0.1, 0.15) is 5.69 Å². The maximum atomic E-state index is 11.4. The van der Waals surface area contributed by atoms with E-state index in [1.807, 2.05) is 4.72 Å². The van der Waals surface area contributed by atoms with Crippen LogP contribution in [0.4, 0.5) is 5.82 Å². The molecule has 1 unspecified atom stereocenters. The minimum absolute atomic E-state index is 0.167. The molecule has 0 aromatic carbocycles. The number of rotatable bonds is 4. The summed E-state index contributed by atoms with van der Waals surface area (Å²) in [5.74, 6) is -1.43. The summed E-state index contributed by atoms with van der Waals surface area (Å²) in [4.78, 5) is 10.5. The van der Waals surface area contributed by atoms with Crippen molar-refractivity contribution in [1.29, 1.82) is 5.26 Å². The Labute approximate surface area is 90.9 Å². The molecule has 0 amide bonds. The lowest BCUT2D eigenvalue weighted by molar-refractivity contribution is 0.0690. The molecule has 1 aromatic heterocycles. The van der Waals surface area contributed by atoms with E-state index in [1.165, 1.54) is 6.92 Å². The van der Waals surface area contributed by atoms with E-state index in [9.17, 15) is 13.2 Å². The number of hydrogen-bond donors (Lipinski definition) is 3. The number of carboxylic acid groups (broad SMARTS) is 1. The fourth-order valence-corrected chi connectivity index (χ4v) is 1.50. The number of sulfonamides is 1. The molecule has 0 bridgehead atoms. The van der Waals surface area contributed by atoms with E-state index in [1.54, 1.807) is 6.07 Å². The molecule has 86 valence electrons. The van der Waals surface area contributed by atoms with Crippen molar-refractivity contribution >= 4 is 21.8 Å². The second-order valence-electron chi connectivity index (χ2n) is 2.89. The van der Waals surface area contributed by atoms with Crippen LogP contribution in [0, 0.1) is 11.3 Å². The molecule has 0 aliphatic carbocycles. The van der Waals surface area contributed by atoms with Gasteiger partial charge in [-0.25, -0.2) is 13.2 Å². The quantitative estimate of drug-likeness (QED) is 0.668. The summed E-state index contributed by atoms with van der Waals surface area (Å²) in [5, 5.41) is 21.3. The highest BCUT2D eigenvalue weighted by Crippen LogP contribution is 2.10. The Hall–Kier alpha value is -2.08. The molecule has 16 heavy (non-hydrogen) atoms. The lowest BCUT2D eigenvalue weighted by Crippen LogP contribution is -2.23. The van der Waals surface area contributed by atoms with Crippen molar-refractivity contribution in [3.05, 3.63) is 11.8 Å². The van der Waals surface area contributed by atoms with Crippen molar-refractivity contribution < 1.29 is 18.3 Å². The summed E-state index contributed by atoms with van der Waals surface area (Å²) < 4.78 is 24.7. The van der Waals surface area contributed by atoms with Gasteiger partial charge >= 0.3 is 5.97 Å². The molecule has 0 saturated heterocycles. The van der Waals surface area contributed by atoms with E-state index < -0.39 is 21.2 Å². The minimum atomic E-state index is -3.86. The molecule has 1 aromatic rings. The van der Waals surface area contributed by atoms with Crippen LogP contribution in [-0.2, 0) is 10.0 Å². The SMILES string of the molecule is CC(C#N)S(=O)(=O)Nc1cc(C(=O)O)[nH]n1. The average molecular weight is 244 g/mol. The summed E-state index contributed by atoms with van der Waals surface area (Å²) in [6, 6.07) is 2.57. The van der Waals surface area contributed by atoms with Gasteiger partial charge in [0.25, 0.3) is 0 Å². The molecule has 0 aliphatic heterocycles. The summed E-state index contributed by atoms with van der Waals surface area (Å²) >= 11 is 0. The number of nitrogens with zero attached hydrogens (tertiary/aromatic N) is 2. The van der Waals surface area contributed by atoms with Crippen molar-refractivity contribution in [3.8, 4) is 6.07 Å². The number of carboxylic acids is 1. The van der Waals surface area contributed by atoms with Gasteiger partial charge in [-0.1, -0.05) is 0 Å². The number of aromatic carboxylic acids is 1. The topological polar surface area (TPSA) is 136 Å². The van der Waals surface area contributed by atoms with Gasteiger partial charge in [-0.15, -0.1) is 0 Å². The summed E-state index contributed by atoms with van der Waals surface area (Å²) in [7, 11) is -3.86. The molecule has 0 saturated carbocycles. The van der Waals surface area contributed by atoms with Gasteiger partial charge in [0.15, 0.2) is 11.1 Å². The van der Waals surface area contributed by atoms with Crippen molar-refractivity contribution in [2.45, 2.75) is 12.2 Å². The van der Waals surface area contributed by atoms with E-state index in [2.05, 4.69) is 10.2 Å². The Morgan fingerprint density at radius 2 is 2.38 bits per heavy atom. The van der Waals surface area contributed by atoms with Crippen molar-refractivity contribution in [2.24, 2.45) is 0 Å². The van der Waals surface area contributed by atoms with Crippen molar-refractivity contribution in [3.63, 3.8) is 0 Å².